The number of carbonyl (C=O) groups excluding carboxylic acids is 1. The van der Waals surface area contributed by atoms with Gasteiger partial charge in [-0.1, -0.05) is 40.0 Å². The standard InChI is InChI=1S/C12H24O2/c1-5-6-7-8-11(14)12(9(2)3)10(4)13/h9,11-12,14H,5-8H2,1-4H3. The lowest BCUT2D eigenvalue weighted by Gasteiger charge is -2.23. The Hall–Kier alpha value is -0.370. The van der Waals surface area contributed by atoms with E-state index in [4.69, 9.17) is 0 Å². The summed E-state index contributed by atoms with van der Waals surface area (Å²) in [6.07, 6.45) is 3.63. The molecule has 0 aromatic rings. The molecule has 0 aromatic heterocycles. The van der Waals surface area contributed by atoms with E-state index in [-0.39, 0.29) is 17.6 Å². The van der Waals surface area contributed by atoms with Crippen LogP contribution < -0.4 is 0 Å². The Labute approximate surface area is 87.7 Å². The van der Waals surface area contributed by atoms with Crippen LogP contribution in [0.2, 0.25) is 0 Å². The van der Waals surface area contributed by atoms with Crippen LogP contribution in [0.3, 0.4) is 0 Å². The Balaban J connectivity index is 4.02. The van der Waals surface area contributed by atoms with Gasteiger partial charge in [0.25, 0.3) is 0 Å². The van der Waals surface area contributed by atoms with Crippen molar-refractivity contribution in [3.63, 3.8) is 0 Å². The van der Waals surface area contributed by atoms with E-state index in [1.165, 1.54) is 0 Å². The monoisotopic (exact) mass is 200 g/mol. The van der Waals surface area contributed by atoms with Gasteiger partial charge in [-0.2, -0.15) is 0 Å². The summed E-state index contributed by atoms with van der Waals surface area (Å²) in [7, 11) is 0. The molecule has 0 spiro atoms. The number of unbranched alkanes of at least 4 members (excludes halogenated alkanes) is 2. The van der Waals surface area contributed by atoms with Crippen molar-refractivity contribution in [1.82, 2.24) is 0 Å². The van der Waals surface area contributed by atoms with Crippen LogP contribution in [0.5, 0.6) is 0 Å². The van der Waals surface area contributed by atoms with E-state index in [1.54, 1.807) is 6.92 Å². The Kier molecular flexibility index (Phi) is 6.81. The molecule has 2 heteroatoms. The lowest BCUT2D eigenvalue weighted by atomic mass is 9.85. The molecule has 2 unspecified atom stereocenters. The van der Waals surface area contributed by atoms with Crippen molar-refractivity contribution >= 4 is 5.78 Å². The molecule has 0 aromatic carbocycles. The minimum atomic E-state index is -0.445. The van der Waals surface area contributed by atoms with Gasteiger partial charge in [0.05, 0.1) is 6.10 Å². The third-order valence-electron chi connectivity index (χ3n) is 2.71. The fourth-order valence-electron chi connectivity index (χ4n) is 1.97. The molecule has 14 heavy (non-hydrogen) atoms. The fraction of sp³-hybridized carbons (Fsp3) is 0.917. The van der Waals surface area contributed by atoms with Crippen molar-refractivity contribution in [3.8, 4) is 0 Å². The number of ketones is 1. The van der Waals surface area contributed by atoms with E-state index >= 15 is 0 Å². The fourth-order valence-corrected chi connectivity index (χ4v) is 1.97. The quantitative estimate of drug-likeness (QED) is 0.642. The van der Waals surface area contributed by atoms with Gasteiger partial charge in [0, 0.05) is 5.92 Å². The summed E-state index contributed by atoms with van der Waals surface area (Å²) in [6, 6.07) is 0. The highest BCUT2D eigenvalue weighted by atomic mass is 16.3. The first-order chi connectivity index (χ1) is 6.50. The number of Topliss-reactive ketones (excluding diaryl/α,β-unsaturated/α-hetero) is 1. The van der Waals surface area contributed by atoms with Crippen LogP contribution in [0.25, 0.3) is 0 Å². The van der Waals surface area contributed by atoms with E-state index in [2.05, 4.69) is 6.92 Å². The zero-order valence-electron chi connectivity index (χ0n) is 9.92. The molecule has 0 bridgehead atoms. The van der Waals surface area contributed by atoms with Crippen LogP contribution >= 0.6 is 0 Å². The van der Waals surface area contributed by atoms with Crippen LogP contribution in [0.4, 0.5) is 0 Å². The molecule has 1 N–H and O–H groups in total. The van der Waals surface area contributed by atoms with E-state index in [0.29, 0.717) is 0 Å². The number of carbonyl (C=O) groups is 1. The Morgan fingerprint density at radius 2 is 1.86 bits per heavy atom. The molecule has 0 saturated carbocycles. The van der Waals surface area contributed by atoms with Gasteiger partial charge in [-0.05, 0) is 19.3 Å². The van der Waals surface area contributed by atoms with Crippen molar-refractivity contribution in [2.75, 3.05) is 0 Å². The smallest absolute Gasteiger partial charge is 0.135 e. The molecule has 0 aliphatic rings. The Morgan fingerprint density at radius 3 is 2.21 bits per heavy atom. The highest BCUT2D eigenvalue weighted by molar-refractivity contribution is 5.79. The average molecular weight is 200 g/mol. The summed E-state index contributed by atoms with van der Waals surface area (Å²) >= 11 is 0. The van der Waals surface area contributed by atoms with Crippen molar-refractivity contribution < 1.29 is 9.90 Å². The largest absolute Gasteiger partial charge is 0.392 e. The third-order valence-corrected chi connectivity index (χ3v) is 2.71. The topological polar surface area (TPSA) is 37.3 Å². The number of aliphatic hydroxyl groups excluding tert-OH is 1. The maximum absolute atomic E-state index is 11.3. The van der Waals surface area contributed by atoms with E-state index in [9.17, 15) is 9.90 Å². The van der Waals surface area contributed by atoms with Gasteiger partial charge < -0.3 is 5.11 Å². The summed E-state index contributed by atoms with van der Waals surface area (Å²) in [6.45, 7) is 7.70. The van der Waals surface area contributed by atoms with Crippen LogP contribution in [-0.4, -0.2) is 17.0 Å². The van der Waals surface area contributed by atoms with Crippen LogP contribution in [0.1, 0.15) is 53.4 Å². The first-order valence-electron chi connectivity index (χ1n) is 5.69. The Bertz CT molecular complexity index is 164. The number of hydrogen-bond acceptors (Lipinski definition) is 2. The summed E-state index contributed by atoms with van der Waals surface area (Å²) in [5.74, 6) is 0.181. The highest BCUT2D eigenvalue weighted by Gasteiger charge is 2.26. The van der Waals surface area contributed by atoms with Crippen molar-refractivity contribution in [2.24, 2.45) is 11.8 Å². The molecule has 0 aliphatic heterocycles. The molecule has 2 atom stereocenters. The second-order valence-electron chi connectivity index (χ2n) is 4.44. The molecule has 2 nitrogen and oxygen atoms in total. The van der Waals surface area contributed by atoms with Crippen molar-refractivity contribution in [2.45, 2.75) is 59.5 Å². The maximum Gasteiger partial charge on any atom is 0.135 e. The normalized spacial score (nSPS) is 15.6. The third kappa shape index (κ3) is 4.75. The van der Waals surface area contributed by atoms with Gasteiger partial charge in [-0.3, -0.25) is 4.79 Å². The zero-order valence-corrected chi connectivity index (χ0v) is 9.92. The first kappa shape index (κ1) is 13.6. The van der Waals surface area contributed by atoms with E-state index < -0.39 is 6.10 Å². The molecule has 0 rings (SSSR count). The average Bonchev–Trinajstić information content (AvgIpc) is 2.03. The Morgan fingerprint density at radius 1 is 1.29 bits per heavy atom. The van der Waals surface area contributed by atoms with Crippen molar-refractivity contribution in [3.05, 3.63) is 0 Å². The second-order valence-corrected chi connectivity index (χ2v) is 4.44. The lowest BCUT2D eigenvalue weighted by molar-refractivity contribution is -0.126. The predicted octanol–water partition coefficient (Wildman–Crippen LogP) is 2.79. The lowest BCUT2D eigenvalue weighted by Crippen LogP contribution is -2.31. The van der Waals surface area contributed by atoms with E-state index in [1.807, 2.05) is 13.8 Å². The van der Waals surface area contributed by atoms with Gasteiger partial charge in [0.15, 0.2) is 0 Å². The van der Waals surface area contributed by atoms with Crippen molar-refractivity contribution in [1.29, 1.82) is 0 Å². The molecular formula is C12H24O2. The molecule has 0 amide bonds. The molecular weight excluding hydrogens is 176 g/mol. The molecule has 0 aliphatic carbocycles. The second kappa shape index (κ2) is 6.99. The van der Waals surface area contributed by atoms with Gasteiger partial charge in [-0.15, -0.1) is 0 Å². The zero-order chi connectivity index (χ0) is 11.1. The summed E-state index contributed by atoms with van der Waals surface area (Å²) in [4.78, 5) is 11.3. The van der Waals surface area contributed by atoms with E-state index in [0.717, 1.165) is 25.7 Å². The summed E-state index contributed by atoms with van der Waals surface area (Å²) < 4.78 is 0. The minimum Gasteiger partial charge on any atom is -0.392 e. The molecule has 0 heterocycles. The van der Waals surface area contributed by atoms with Gasteiger partial charge in [0.2, 0.25) is 0 Å². The summed E-state index contributed by atoms with van der Waals surface area (Å²) in [5, 5.41) is 9.86. The molecule has 0 fully saturated rings. The summed E-state index contributed by atoms with van der Waals surface area (Å²) in [5.41, 5.74) is 0. The SMILES string of the molecule is CCCCCC(O)C(C(C)=O)C(C)C. The van der Waals surface area contributed by atoms with Crippen LogP contribution in [-0.2, 0) is 4.79 Å². The first-order valence-corrected chi connectivity index (χ1v) is 5.69. The van der Waals surface area contributed by atoms with Gasteiger partial charge in [0.1, 0.15) is 5.78 Å². The molecule has 0 saturated heterocycles. The predicted molar refractivity (Wildman–Crippen MR) is 59.2 cm³/mol. The highest BCUT2D eigenvalue weighted by Crippen LogP contribution is 2.20. The number of rotatable bonds is 7. The van der Waals surface area contributed by atoms with Crippen LogP contribution in [0, 0.1) is 11.8 Å². The van der Waals surface area contributed by atoms with Crippen LogP contribution in [0.15, 0.2) is 0 Å². The number of aliphatic hydroxyl groups is 1. The van der Waals surface area contributed by atoms with Gasteiger partial charge in [-0.25, -0.2) is 0 Å². The van der Waals surface area contributed by atoms with Gasteiger partial charge >= 0.3 is 0 Å². The molecule has 84 valence electrons. The molecule has 0 radical (unpaired) electrons. The number of hydrogen-bond donors (Lipinski definition) is 1. The maximum atomic E-state index is 11.3. The minimum absolute atomic E-state index is 0.115.